The largest absolute Gasteiger partial charge is 0.300 e. The molecule has 0 amide bonds. The average Bonchev–Trinajstić information content (AvgIpc) is 2.18. The lowest BCUT2D eigenvalue weighted by atomic mass is 10.1. The van der Waals surface area contributed by atoms with E-state index in [4.69, 9.17) is 0 Å². The standard InChI is InChI=1S/C12H12F2O/c1-9(15)4-2-3-5-10-6-7-11(13)12(14)8-10/h3,5-8H,2,4H2,1H3/b5-3+. The number of rotatable bonds is 4. The molecule has 0 aromatic heterocycles. The number of carbonyl (C=O) groups is 1. The van der Waals surface area contributed by atoms with Crippen LogP contribution in [0.15, 0.2) is 24.3 Å². The minimum Gasteiger partial charge on any atom is -0.300 e. The van der Waals surface area contributed by atoms with Gasteiger partial charge in [-0.2, -0.15) is 0 Å². The fourth-order valence-corrected chi connectivity index (χ4v) is 1.12. The van der Waals surface area contributed by atoms with Crippen molar-refractivity contribution in [1.29, 1.82) is 0 Å². The van der Waals surface area contributed by atoms with Crippen LogP contribution < -0.4 is 0 Å². The summed E-state index contributed by atoms with van der Waals surface area (Å²) in [5, 5.41) is 0. The highest BCUT2D eigenvalue weighted by Crippen LogP contribution is 2.10. The van der Waals surface area contributed by atoms with Gasteiger partial charge in [0.1, 0.15) is 5.78 Å². The molecule has 0 heterocycles. The lowest BCUT2D eigenvalue weighted by Crippen LogP contribution is -1.86. The zero-order chi connectivity index (χ0) is 11.3. The molecule has 15 heavy (non-hydrogen) atoms. The topological polar surface area (TPSA) is 17.1 Å². The van der Waals surface area contributed by atoms with Crippen molar-refractivity contribution in [2.24, 2.45) is 0 Å². The summed E-state index contributed by atoms with van der Waals surface area (Å²) in [4.78, 5) is 10.6. The van der Waals surface area contributed by atoms with Gasteiger partial charge in [-0.25, -0.2) is 8.78 Å². The molecule has 0 aliphatic heterocycles. The summed E-state index contributed by atoms with van der Waals surface area (Å²) in [6.45, 7) is 1.52. The number of allylic oxidation sites excluding steroid dienone is 1. The van der Waals surface area contributed by atoms with Gasteiger partial charge in [-0.15, -0.1) is 0 Å². The van der Waals surface area contributed by atoms with Crippen LogP contribution in [0.25, 0.3) is 6.08 Å². The van der Waals surface area contributed by atoms with Gasteiger partial charge in [0.25, 0.3) is 0 Å². The first-order valence-corrected chi connectivity index (χ1v) is 4.70. The van der Waals surface area contributed by atoms with Crippen molar-refractivity contribution in [2.45, 2.75) is 19.8 Å². The van der Waals surface area contributed by atoms with Crippen LogP contribution in [-0.2, 0) is 4.79 Å². The maximum Gasteiger partial charge on any atom is 0.159 e. The minimum atomic E-state index is -0.858. The van der Waals surface area contributed by atoms with Gasteiger partial charge in [0.15, 0.2) is 11.6 Å². The Hall–Kier alpha value is -1.51. The Kier molecular flexibility index (Phi) is 4.16. The first-order valence-electron chi connectivity index (χ1n) is 4.70. The van der Waals surface area contributed by atoms with Crippen LogP contribution in [0.4, 0.5) is 8.78 Å². The van der Waals surface area contributed by atoms with Crippen molar-refractivity contribution >= 4 is 11.9 Å². The van der Waals surface area contributed by atoms with E-state index in [2.05, 4.69) is 0 Å². The average molecular weight is 210 g/mol. The molecule has 0 bridgehead atoms. The van der Waals surface area contributed by atoms with Crippen molar-refractivity contribution in [1.82, 2.24) is 0 Å². The molecule has 0 radical (unpaired) electrons. The summed E-state index contributed by atoms with van der Waals surface area (Å²) >= 11 is 0. The van der Waals surface area contributed by atoms with E-state index < -0.39 is 11.6 Å². The van der Waals surface area contributed by atoms with Crippen LogP contribution >= 0.6 is 0 Å². The minimum absolute atomic E-state index is 0.116. The van der Waals surface area contributed by atoms with Gasteiger partial charge in [-0.05, 0) is 31.0 Å². The number of halogens is 2. The molecule has 0 fully saturated rings. The summed E-state index contributed by atoms with van der Waals surface area (Å²) in [7, 11) is 0. The third-order valence-corrected chi connectivity index (χ3v) is 1.92. The van der Waals surface area contributed by atoms with Crippen LogP contribution in [0.3, 0.4) is 0 Å². The second kappa shape index (κ2) is 5.39. The van der Waals surface area contributed by atoms with E-state index in [1.807, 2.05) is 0 Å². The molecule has 0 saturated carbocycles. The van der Waals surface area contributed by atoms with E-state index in [9.17, 15) is 13.6 Å². The van der Waals surface area contributed by atoms with Crippen LogP contribution in [0.1, 0.15) is 25.3 Å². The van der Waals surface area contributed by atoms with Crippen LogP contribution in [0.5, 0.6) is 0 Å². The number of Topliss-reactive ketones (excluding diaryl/α,β-unsaturated/α-hetero) is 1. The predicted molar refractivity (Wildman–Crippen MR) is 55.3 cm³/mol. The van der Waals surface area contributed by atoms with E-state index in [1.54, 1.807) is 12.2 Å². The summed E-state index contributed by atoms with van der Waals surface area (Å²) in [6, 6.07) is 3.70. The maximum absolute atomic E-state index is 12.8. The molecular weight excluding hydrogens is 198 g/mol. The van der Waals surface area contributed by atoms with Gasteiger partial charge in [-0.3, -0.25) is 0 Å². The summed E-state index contributed by atoms with van der Waals surface area (Å²) in [5.41, 5.74) is 0.595. The number of carbonyl (C=O) groups excluding carboxylic acids is 1. The van der Waals surface area contributed by atoms with Gasteiger partial charge >= 0.3 is 0 Å². The third-order valence-electron chi connectivity index (χ3n) is 1.92. The van der Waals surface area contributed by atoms with Crippen molar-refractivity contribution < 1.29 is 13.6 Å². The van der Waals surface area contributed by atoms with Crippen LogP contribution in [-0.4, -0.2) is 5.78 Å². The molecule has 0 saturated heterocycles. The SMILES string of the molecule is CC(=O)CC/C=C/c1ccc(F)c(F)c1. The van der Waals surface area contributed by atoms with Crippen molar-refractivity contribution in [2.75, 3.05) is 0 Å². The molecule has 1 nitrogen and oxygen atoms in total. The normalized spacial score (nSPS) is 10.9. The molecule has 3 heteroatoms. The third kappa shape index (κ3) is 4.02. The Morgan fingerprint density at radius 2 is 2.07 bits per heavy atom. The number of hydrogen-bond donors (Lipinski definition) is 0. The number of ketones is 1. The zero-order valence-corrected chi connectivity index (χ0v) is 8.47. The Bertz CT molecular complexity index is 383. The molecule has 0 aliphatic carbocycles. The summed E-state index contributed by atoms with van der Waals surface area (Å²) < 4.78 is 25.3. The van der Waals surface area contributed by atoms with Crippen molar-refractivity contribution in [3.63, 3.8) is 0 Å². The highest BCUT2D eigenvalue weighted by molar-refractivity contribution is 5.75. The number of benzene rings is 1. The molecule has 1 aromatic carbocycles. The molecule has 80 valence electrons. The second-order valence-corrected chi connectivity index (χ2v) is 3.32. The smallest absolute Gasteiger partial charge is 0.159 e. The van der Waals surface area contributed by atoms with Gasteiger partial charge < -0.3 is 4.79 Å². The maximum atomic E-state index is 12.8. The lowest BCUT2D eigenvalue weighted by Gasteiger charge is -1.95. The van der Waals surface area contributed by atoms with E-state index in [1.165, 1.54) is 13.0 Å². The monoisotopic (exact) mass is 210 g/mol. The summed E-state index contributed by atoms with van der Waals surface area (Å²) in [5.74, 6) is -1.59. The van der Waals surface area contributed by atoms with Gasteiger partial charge in [-0.1, -0.05) is 18.2 Å². The predicted octanol–water partition coefficient (Wildman–Crippen LogP) is 3.35. The first-order chi connectivity index (χ1) is 7.09. The highest BCUT2D eigenvalue weighted by Gasteiger charge is 1.99. The zero-order valence-electron chi connectivity index (χ0n) is 8.47. The molecule has 0 aliphatic rings. The first kappa shape index (κ1) is 11.6. The number of hydrogen-bond acceptors (Lipinski definition) is 1. The van der Waals surface area contributed by atoms with Crippen LogP contribution in [0.2, 0.25) is 0 Å². The van der Waals surface area contributed by atoms with Crippen molar-refractivity contribution in [3.05, 3.63) is 41.5 Å². The van der Waals surface area contributed by atoms with E-state index in [-0.39, 0.29) is 5.78 Å². The Labute approximate surface area is 87.4 Å². The van der Waals surface area contributed by atoms with E-state index in [0.29, 0.717) is 18.4 Å². The molecular formula is C12H12F2O. The quantitative estimate of drug-likeness (QED) is 0.744. The van der Waals surface area contributed by atoms with Gasteiger partial charge in [0.2, 0.25) is 0 Å². The Balaban J connectivity index is 2.57. The van der Waals surface area contributed by atoms with Crippen molar-refractivity contribution in [3.8, 4) is 0 Å². The lowest BCUT2D eigenvalue weighted by molar-refractivity contribution is -0.116. The Morgan fingerprint density at radius 3 is 2.67 bits per heavy atom. The molecule has 0 unspecified atom stereocenters. The van der Waals surface area contributed by atoms with E-state index in [0.717, 1.165) is 12.1 Å². The van der Waals surface area contributed by atoms with E-state index >= 15 is 0 Å². The summed E-state index contributed by atoms with van der Waals surface area (Å²) in [6.07, 6.45) is 4.54. The highest BCUT2D eigenvalue weighted by atomic mass is 19.2. The van der Waals surface area contributed by atoms with Crippen LogP contribution in [0, 0.1) is 11.6 Å². The van der Waals surface area contributed by atoms with Gasteiger partial charge in [0.05, 0.1) is 0 Å². The molecule has 1 rings (SSSR count). The Morgan fingerprint density at radius 1 is 1.33 bits per heavy atom. The second-order valence-electron chi connectivity index (χ2n) is 3.32. The fraction of sp³-hybridized carbons (Fsp3) is 0.250. The molecule has 1 aromatic rings. The molecule has 0 atom stereocenters. The fourth-order valence-electron chi connectivity index (χ4n) is 1.12. The van der Waals surface area contributed by atoms with Gasteiger partial charge in [0, 0.05) is 6.42 Å². The molecule has 0 N–H and O–H groups in total. The molecule has 0 spiro atoms.